The van der Waals surface area contributed by atoms with Gasteiger partial charge in [0.1, 0.15) is 17.9 Å². The first kappa shape index (κ1) is 14.3. The Labute approximate surface area is 116 Å². The highest BCUT2D eigenvalue weighted by atomic mass is 16.5. The predicted octanol–water partition coefficient (Wildman–Crippen LogP) is 0.825. The topological polar surface area (TPSA) is 86.5 Å². The van der Waals surface area contributed by atoms with E-state index in [1.54, 1.807) is 18.7 Å². The first-order chi connectivity index (χ1) is 9.60. The Bertz CT molecular complexity index is 636. The van der Waals surface area contributed by atoms with Gasteiger partial charge >= 0.3 is 5.97 Å². The van der Waals surface area contributed by atoms with Crippen LogP contribution in [0.4, 0.5) is 0 Å². The molecular weight excluding hydrogens is 262 g/mol. The molecule has 7 nitrogen and oxygen atoms in total. The third kappa shape index (κ3) is 2.44. The fourth-order valence-corrected chi connectivity index (χ4v) is 2.03. The summed E-state index contributed by atoms with van der Waals surface area (Å²) in [6.07, 6.45) is 1.41. The third-order valence-corrected chi connectivity index (χ3v) is 2.81. The van der Waals surface area contributed by atoms with Crippen LogP contribution in [0.2, 0.25) is 0 Å². The second-order valence-corrected chi connectivity index (χ2v) is 4.20. The SMILES string of the molecule is CCOC(=O)c1cnc2c(c(C)nn2C)c1OCCO. The summed E-state index contributed by atoms with van der Waals surface area (Å²) in [6, 6.07) is 0. The number of ether oxygens (including phenoxy) is 2. The highest BCUT2D eigenvalue weighted by Crippen LogP contribution is 2.31. The van der Waals surface area contributed by atoms with E-state index in [1.165, 1.54) is 6.20 Å². The van der Waals surface area contributed by atoms with E-state index in [0.717, 1.165) is 0 Å². The zero-order valence-corrected chi connectivity index (χ0v) is 11.7. The molecule has 7 heteroatoms. The lowest BCUT2D eigenvalue weighted by Gasteiger charge is -2.11. The van der Waals surface area contributed by atoms with E-state index in [9.17, 15) is 4.79 Å². The van der Waals surface area contributed by atoms with Gasteiger partial charge in [-0.25, -0.2) is 9.78 Å². The van der Waals surface area contributed by atoms with Crippen LogP contribution in [0, 0.1) is 6.92 Å². The van der Waals surface area contributed by atoms with Crippen molar-refractivity contribution in [1.29, 1.82) is 0 Å². The molecule has 2 heterocycles. The summed E-state index contributed by atoms with van der Waals surface area (Å²) in [5, 5.41) is 13.9. The van der Waals surface area contributed by atoms with Crippen LogP contribution in [-0.2, 0) is 11.8 Å². The maximum absolute atomic E-state index is 12.0. The van der Waals surface area contributed by atoms with E-state index in [-0.39, 0.29) is 25.4 Å². The molecule has 0 bridgehead atoms. The van der Waals surface area contributed by atoms with Gasteiger partial charge in [-0.3, -0.25) is 4.68 Å². The number of hydrogen-bond donors (Lipinski definition) is 1. The number of esters is 1. The van der Waals surface area contributed by atoms with Gasteiger partial charge in [0.2, 0.25) is 0 Å². The van der Waals surface area contributed by atoms with Crippen molar-refractivity contribution < 1.29 is 19.4 Å². The van der Waals surface area contributed by atoms with Crippen molar-refractivity contribution in [2.75, 3.05) is 19.8 Å². The maximum atomic E-state index is 12.0. The van der Waals surface area contributed by atoms with Gasteiger partial charge in [-0.1, -0.05) is 0 Å². The second-order valence-electron chi connectivity index (χ2n) is 4.20. The lowest BCUT2D eigenvalue weighted by molar-refractivity contribution is 0.0520. The van der Waals surface area contributed by atoms with Crippen molar-refractivity contribution in [3.05, 3.63) is 17.5 Å². The van der Waals surface area contributed by atoms with Crippen LogP contribution < -0.4 is 4.74 Å². The molecule has 0 unspecified atom stereocenters. The minimum atomic E-state index is -0.502. The molecule has 0 aliphatic rings. The summed E-state index contributed by atoms with van der Waals surface area (Å²) in [6.45, 7) is 3.74. The fourth-order valence-electron chi connectivity index (χ4n) is 2.03. The number of aliphatic hydroxyl groups excluding tert-OH is 1. The molecule has 0 saturated heterocycles. The van der Waals surface area contributed by atoms with Crippen molar-refractivity contribution in [3.8, 4) is 5.75 Å². The summed E-state index contributed by atoms with van der Waals surface area (Å²) in [5.74, 6) is -0.147. The van der Waals surface area contributed by atoms with Crippen LogP contribution in [0.5, 0.6) is 5.75 Å². The Hall–Kier alpha value is -2.15. The van der Waals surface area contributed by atoms with Crippen LogP contribution in [0.1, 0.15) is 23.0 Å². The number of aryl methyl sites for hydroxylation is 2. The lowest BCUT2D eigenvalue weighted by atomic mass is 10.1. The Morgan fingerprint density at radius 3 is 2.90 bits per heavy atom. The largest absolute Gasteiger partial charge is 0.489 e. The van der Waals surface area contributed by atoms with Gasteiger partial charge < -0.3 is 14.6 Å². The van der Waals surface area contributed by atoms with Gasteiger partial charge in [0.15, 0.2) is 5.65 Å². The van der Waals surface area contributed by atoms with Crippen molar-refractivity contribution in [3.63, 3.8) is 0 Å². The van der Waals surface area contributed by atoms with Gasteiger partial charge in [0.25, 0.3) is 0 Å². The summed E-state index contributed by atoms with van der Waals surface area (Å²) in [7, 11) is 1.77. The van der Waals surface area contributed by atoms with Crippen molar-refractivity contribution in [2.24, 2.45) is 7.05 Å². The van der Waals surface area contributed by atoms with E-state index in [2.05, 4.69) is 10.1 Å². The zero-order chi connectivity index (χ0) is 14.7. The molecule has 1 N–H and O–H groups in total. The molecule has 0 aliphatic carbocycles. The number of pyridine rings is 1. The molecule has 0 radical (unpaired) electrons. The average molecular weight is 279 g/mol. The molecule has 0 aromatic carbocycles. The summed E-state index contributed by atoms with van der Waals surface area (Å²) < 4.78 is 12.1. The molecule has 0 aliphatic heterocycles. The highest BCUT2D eigenvalue weighted by Gasteiger charge is 2.21. The van der Waals surface area contributed by atoms with E-state index < -0.39 is 5.97 Å². The number of nitrogens with zero attached hydrogens (tertiary/aromatic N) is 3. The number of fused-ring (bicyclic) bond motifs is 1. The third-order valence-electron chi connectivity index (χ3n) is 2.81. The molecule has 108 valence electrons. The fraction of sp³-hybridized carbons (Fsp3) is 0.462. The maximum Gasteiger partial charge on any atom is 0.343 e. The first-order valence-electron chi connectivity index (χ1n) is 6.33. The van der Waals surface area contributed by atoms with E-state index >= 15 is 0 Å². The molecule has 2 rings (SSSR count). The van der Waals surface area contributed by atoms with Crippen LogP contribution in [0.15, 0.2) is 6.20 Å². The lowest BCUT2D eigenvalue weighted by Crippen LogP contribution is -2.11. The molecule has 2 aromatic heterocycles. The number of aromatic nitrogens is 3. The van der Waals surface area contributed by atoms with Gasteiger partial charge in [0.05, 0.1) is 24.3 Å². The quantitative estimate of drug-likeness (QED) is 0.816. The number of carbonyl (C=O) groups is 1. The monoisotopic (exact) mass is 279 g/mol. The molecule has 0 fully saturated rings. The molecular formula is C13H17N3O4. The molecule has 2 aromatic rings. The standard InChI is InChI=1S/C13H17N3O4/c1-4-19-13(18)9-7-14-12-10(8(2)15-16(12)3)11(9)20-6-5-17/h7,17H,4-6H2,1-3H3. The Morgan fingerprint density at radius 2 is 2.25 bits per heavy atom. The van der Waals surface area contributed by atoms with Gasteiger partial charge in [-0.15, -0.1) is 0 Å². The van der Waals surface area contributed by atoms with Crippen LogP contribution in [-0.4, -0.2) is 45.7 Å². The molecule has 0 atom stereocenters. The molecule has 20 heavy (non-hydrogen) atoms. The average Bonchev–Trinajstić information content (AvgIpc) is 2.72. The van der Waals surface area contributed by atoms with Gasteiger partial charge in [-0.2, -0.15) is 5.10 Å². The number of hydrogen-bond acceptors (Lipinski definition) is 6. The van der Waals surface area contributed by atoms with Crippen molar-refractivity contribution in [2.45, 2.75) is 13.8 Å². The first-order valence-corrected chi connectivity index (χ1v) is 6.33. The van der Waals surface area contributed by atoms with Gasteiger partial charge in [0, 0.05) is 13.2 Å². The number of aliphatic hydroxyl groups is 1. The normalized spacial score (nSPS) is 10.8. The second kappa shape index (κ2) is 5.87. The van der Waals surface area contributed by atoms with Crippen molar-refractivity contribution >= 4 is 17.0 Å². The Balaban J connectivity index is 2.62. The minimum absolute atomic E-state index is 0.0832. The molecule has 0 saturated carbocycles. The van der Waals surface area contributed by atoms with Gasteiger partial charge in [-0.05, 0) is 13.8 Å². The van der Waals surface area contributed by atoms with Crippen molar-refractivity contribution in [1.82, 2.24) is 14.8 Å². The molecule has 0 amide bonds. The summed E-state index contributed by atoms with van der Waals surface area (Å²) >= 11 is 0. The summed E-state index contributed by atoms with van der Waals surface area (Å²) in [5.41, 5.74) is 1.56. The predicted molar refractivity (Wildman–Crippen MR) is 71.8 cm³/mol. The van der Waals surface area contributed by atoms with E-state index in [4.69, 9.17) is 14.6 Å². The zero-order valence-electron chi connectivity index (χ0n) is 11.7. The van der Waals surface area contributed by atoms with Crippen LogP contribution in [0.3, 0.4) is 0 Å². The van der Waals surface area contributed by atoms with E-state index in [0.29, 0.717) is 22.5 Å². The Kier molecular flexibility index (Phi) is 4.19. The molecule has 0 spiro atoms. The Morgan fingerprint density at radius 1 is 1.50 bits per heavy atom. The smallest absolute Gasteiger partial charge is 0.343 e. The minimum Gasteiger partial charge on any atom is -0.489 e. The number of carbonyl (C=O) groups excluding carboxylic acids is 1. The van der Waals surface area contributed by atoms with Crippen LogP contribution >= 0.6 is 0 Å². The number of rotatable bonds is 5. The van der Waals surface area contributed by atoms with Crippen LogP contribution in [0.25, 0.3) is 11.0 Å². The highest BCUT2D eigenvalue weighted by molar-refractivity contribution is 5.99. The van der Waals surface area contributed by atoms with E-state index in [1.807, 2.05) is 6.92 Å². The summed E-state index contributed by atoms with van der Waals surface area (Å²) in [4.78, 5) is 16.2.